The monoisotopic (exact) mass is 123 g/mol. The van der Waals surface area contributed by atoms with Crippen molar-refractivity contribution >= 4 is 11.3 Å². The molecule has 0 fully saturated rings. The third-order valence-electron chi connectivity index (χ3n) is 1.62. The largest absolute Gasteiger partial charge is 0.139 e. The molecular weight excluding hydrogens is 116 g/mol. The van der Waals surface area contributed by atoms with Gasteiger partial charge in [0, 0.05) is 10.3 Å². The molecule has 1 aliphatic carbocycles. The van der Waals surface area contributed by atoms with Crippen molar-refractivity contribution in [2.24, 2.45) is 0 Å². The Hall–Kier alpha value is -0.300. The van der Waals surface area contributed by atoms with Crippen molar-refractivity contribution < 1.29 is 0 Å². The number of fused-ring (bicyclic) bond motifs is 1. The number of hydrogen-bond acceptors (Lipinski definition) is 1. The minimum absolute atomic E-state index is 1.30. The summed E-state index contributed by atoms with van der Waals surface area (Å²) in [6.07, 6.45) is 3.98. The second kappa shape index (κ2) is 1.59. The lowest BCUT2D eigenvalue weighted by molar-refractivity contribution is 0.915. The third-order valence-corrected chi connectivity index (χ3v) is 2.57. The van der Waals surface area contributed by atoms with Crippen LogP contribution in [0.3, 0.4) is 0 Å². The molecule has 2 rings (SSSR count). The number of thiophene rings is 1. The molecule has 8 heavy (non-hydrogen) atoms. The molecule has 1 aromatic rings. The zero-order chi connectivity index (χ0) is 5.40. The van der Waals surface area contributed by atoms with Crippen LogP contribution in [0.4, 0.5) is 0 Å². The zero-order valence-corrected chi connectivity index (χ0v) is 5.42. The van der Waals surface area contributed by atoms with Gasteiger partial charge in [0.15, 0.2) is 0 Å². The van der Waals surface area contributed by atoms with Crippen LogP contribution in [0.5, 0.6) is 0 Å². The zero-order valence-electron chi connectivity index (χ0n) is 4.61. The van der Waals surface area contributed by atoms with Gasteiger partial charge in [0.2, 0.25) is 0 Å². The van der Waals surface area contributed by atoms with Gasteiger partial charge >= 0.3 is 0 Å². The lowest BCUT2D eigenvalue weighted by Crippen LogP contribution is -1.66. The summed E-state index contributed by atoms with van der Waals surface area (Å²) in [4.78, 5) is 1.57. The minimum Gasteiger partial charge on any atom is -0.139 e. The summed E-state index contributed by atoms with van der Waals surface area (Å²) in [6, 6.07) is 2.13. The van der Waals surface area contributed by atoms with Crippen molar-refractivity contribution in [3.63, 3.8) is 0 Å². The maximum absolute atomic E-state index is 3.14. The van der Waals surface area contributed by atoms with Crippen LogP contribution >= 0.6 is 11.3 Å². The first kappa shape index (κ1) is 4.57. The second-order valence-electron chi connectivity index (χ2n) is 2.17. The van der Waals surface area contributed by atoms with E-state index in [1.165, 1.54) is 19.3 Å². The summed E-state index contributed by atoms with van der Waals surface area (Å²) in [5.41, 5.74) is 1.55. The maximum Gasteiger partial charge on any atom is 0.0448 e. The van der Waals surface area contributed by atoms with Crippen LogP contribution in [0.25, 0.3) is 0 Å². The van der Waals surface area contributed by atoms with Crippen molar-refractivity contribution in [2.45, 2.75) is 19.3 Å². The summed E-state index contributed by atoms with van der Waals surface area (Å²) in [5, 5.41) is 3.14. The van der Waals surface area contributed by atoms with E-state index in [2.05, 4.69) is 11.4 Å². The highest BCUT2D eigenvalue weighted by Gasteiger charge is 2.09. The molecule has 0 bridgehead atoms. The highest BCUT2D eigenvalue weighted by molar-refractivity contribution is 7.09. The first-order valence-electron chi connectivity index (χ1n) is 2.94. The van der Waals surface area contributed by atoms with Crippen molar-refractivity contribution in [3.05, 3.63) is 21.9 Å². The molecule has 0 saturated carbocycles. The minimum atomic E-state index is 1.30. The molecule has 0 atom stereocenters. The molecule has 1 radical (unpaired) electrons. The topological polar surface area (TPSA) is 0 Å². The summed E-state index contributed by atoms with van der Waals surface area (Å²) >= 11 is 1.79. The molecule has 0 nitrogen and oxygen atoms in total. The van der Waals surface area contributed by atoms with Gasteiger partial charge in [-0.1, -0.05) is 0 Å². The van der Waals surface area contributed by atoms with Crippen molar-refractivity contribution in [3.8, 4) is 0 Å². The van der Waals surface area contributed by atoms with Crippen LogP contribution in [0.2, 0.25) is 0 Å². The van der Waals surface area contributed by atoms with E-state index in [0.29, 0.717) is 0 Å². The van der Waals surface area contributed by atoms with E-state index in [1.807, 2.05) is 0 Å². The molecule has 1 aliphatic rings. The van der Waals surface area contributed by atoms with E-state index >= 15 is 0 Å². The first-order chi connectivity index (χ1) is 3.97. The summed E-state index contributed by atoms with van der Waals surface area (Å²) in [5.74, 6) is 0. The molecule has 1 heterocycles. The Morgan fingerprint density at radius 2 is 2.50 bits per heavy atom. The van der Waals surface area contributed by atoms with Crippen LogP contribution in [-0.4, -0.2) is 0 Å². The van der Waals surface area contributed by atoms with E-state index in [0.717, 1.165) is 0 Å². The standard InChI is InChI=1S/C7H7S/c1-2-6-4-5-8-7(6)3-1/h4H,1-3H2. The average Bonchev–Trinajstić information content (AvgIpc) is 2.15. The Morgan fingerprint density at radius 1 is 1.50 bits per heavy atom. The van der Waals surface area contributed by atoms with Crippen LogP contribution in [-0.2, 0) is 12.8 Å². The molecule has 0 aromatic carbocycles. The predicted molar refractivity (Wildman–Crippen MR) is 35.2 cm³/mol. The van der Waals surface area contributed by atoms with Gasteiger partial charge in [0.25, 0.3) is 0 Å². The van der Waals surface area contributed by atoms with Gasteiger partial charge in [-0.25, -0.2) is 0 Å². The highest BCUT2D eigenvalue weighted by Crippen LogP contribution is 2.25. The van der Waals surface area contributed by atoms with E-state index < -0.39 is 0 Å². The molecule has 41 valence electrons. The lowest BCUT2D eigenvalue weighted by atomic mass is 10.3. The van der Waals surface area contributed by atoms with Gasteiger partial charge < -0.3 is 0 Å². The first-order valence-corrected chi connectivity index (χ1v) is 3.76. The van der Waals surface area contributed by atoms with Gasteiger partial charge in [-0.3, -0.25) is 0 Å². The molecule has 0 N–H and O–H groups in total. The molecular formula is C7H7S. The van der Waals surface area contributed by atoms with E-state index in [4.69, 9.17) is 0 Å². The molecule has 0 saturated heterocycles. The Balaban J connectivity index is 2.54. The van der Waals surface area contributed by atoms with Crippen LogP contribution in [0, 0.1) is 5.38 Å². The van der Waals surface area contributed by atoms with Crippen LogP contribution in [0.1, 0.15) is 16.9 Å². The van der Waals surface area contributed by atoms with Gasteiger partial charge in [0.05, 0.1) is 0 Å². The molecule has 0 spiro atoms. The van der Waals surface area contributed by atoms with Gasteiger partial charge in [0.1, 0.15) is 0 Å². The molecule has 0 amide bonds. The number of rotatable bonds is 0. The third kappa shape index (κ3) is 0.511. The van der Waals surface area contributed by atoms with E-state index in [-0.39, 0.29) is 0 Å². The van der Waals surface area contributed by atoms with Crippen LogP contribution in [0.15, 0.2) is 6.07 Å². The van der Waals surface area contributed by atoms with Crippen molar-refractivity contribution in [2.75, 3.05) is 0 Å². The predicted octanol–water partition coefficient (Wildman–Crippen LogP) is 2.04. The summed E-state index contributed by atoms with van der Waals surface area (Å²) in [6.45, 7) is 0. The fraction of sp³-hybridized carbons (Fsp3) is 0.429. The summed E-state index contributed by atoms with van der Waals surface area (Å²) in [7, 11) is 0. The number of hydrogen-bond donors (Lipinski definition) is 0. The van der Waals surface area contributed by atoms with Crippen molar-refractivity contribution in [1.82, 2.24) is 0 Å². The molecule has 0 aliphatic heterocycles. The molecule has 1 aromatic heterocycles. The maximum atomic E-state index is 3.14. The fourth-order valence-electron chi connectivity index (χ4n) is 1.18. The second-order valence-corrected chi connectivity index (χ2v) is 3.10. The Kier molecular flexibility index (Phi) is 0.908. The quantitative estimate of drug-likeness (QED) is 0.495. The van der Waals surface area contributed by atoms with Gasteiger partial charge in [-0.05, 0) is 30.9 Å². The van der Waals surface area contributed by atoms with Crippen LogP contribution < -0.4 is 0 Å². The normalized spacial score (nSPS) is 16.5. The molecule has 1 heteroatoms. The SMILES string of the molecule is [c]1cc2c(s1)CCC2. The highest BCUT2D eigenvalue weighted by atomic mass is 32.1. The lowest BCUT2D eigenvalue weighted by Gasteiger charge is -1.79. The van der Waals surface area contributed by atoms with Gasteiger partial charge in [-0.2, -0.15) is 0 Å². The van der Waals surface area contributed by atoms with E-state index in [9.17, 15) is 0 Å². The Bertz CT molecular complexity index is 170. The van der Waals surface area contributed by atoms with Crippen molar-refractivity contribution in [1.29, 1.82) is 0 Å². The summed E-state index contributed by atoms with van der Waals surface area (Å²) < 4.78 is 0. The molecule has 0 unspecified atom stereocenters. The number of aryl methyl sites for hydroxylation is 2. The Morgan fingerprint density at radius 3 is 3.38 bits per heavy atom. The smallest absolute Gasteiger partial charge is 0.0448 e. The Labute approximate surface area is 53.2 Å². The van der Waals surface area contributed by atoms with Gasteiger partial charge in [-0.15, -0.1) is 11.3 Å². The van der Waals surface area contributed by atoms with E-state index in [1.54, 1.807) is 21.8 Å². The fourth-order valence-corrected chi connectivity index (χ4v) is 2.06. The average molecular weight is 123 g/mol.